The molecule has 0 aromatic heterocycles. The fourth-order valence-corrected chi connectivity index (χ4v) is 1.83. The van der Waals surface area contributed by atoms with E-state index in [1.54, 1.807) is 0 Å². The first-order valence-corrected chi connectivity index (χ1v) is 7.56. The van der Waals surface area contributed by atoms with E-state index in [1.807, 2.05) is 51.1 Å². The average molecular weight is 306 g/mol. The van der Waals surface area contributed by atoms with Crippen molar-refractivity contribution in [1.82, 2.24) is 10.6 Å². The second-order valence-corrected chi connectivity index (χ2v) is 6.40. The van der Waals surface area contributed by atoms with Crippen molar-refractivity contribution in [1.29, 1.82) is 0 Å². The largest absolute Gasteiger partial charge is 0.391 e. The topological polar surface area (TPSA) is 78.4 Å². The molecule has 3 N–H and O–H groups in total. The molecule has 0 radical (unpaired) electrons. The van der Waals surface area contributed by atoms with Crippen LogP contribution in [0, 0.1) is 5.41 Å². The Kier molecular flexibility index (Phi) is 7.05. The van der Waals surface area contributed by atoms with E-state index in [1.165, 1.54) is 0 Å². The third-order valence-electron chi connectivity index (χ3n) is 3.17. The summed E-state index contributed by atoms with van der Waals surface area (Å²) in [5, 5.41) is 15.3. The van der Waals surface area contributed by atoms with E-state index in [2.05, 4.69) is 10.6 Å². The standard InChI is InChI=1S/C17H26N2O3/c1-17(2,3)16(22)18-10-9-15(21)19-12-14(20)11-13-7-5-4-6-8-13/h4-8,14,20H,9-12H2,1-3H3,(H,18,22)(H,19,21). The van der Waals surface area contributed by atoms with Crippen molar-refractivity contribution in [3.8, 4) is 0 Å². The van der Waals surface area contributed by atoms with Crippen molar-refractivity contribution in [2.24, 2.45) is 5.41 Å². The minimum atomic E-state index is -0.615. The Morgan fingerprint density at radius 1 is 1.14 bits per heavy atom. The quantitative estimate of drug-likeness (QED) is 0.709. The van der Waals surface area contributed by atoms with E-state index >= 15 is 0 Å². The SMILES string of the molecule is CC(C)(C)C(=O)NCCC(=O)NCC(O)Cc1ccccc1. The van der Waals surface area contributed by atoms with Gasteiger partial charge in [-0.3, -0.25) is 9.59 Å². The Morgan fingerprint density at radius 2 is 1.77 bits per heavy atom. The molecule has 1 aromatic rings. The second kappa shape index (κ2) is 8.54. The third-order valence-corrected chi connectivity index (χ3v) is 3.17. The molecule has 0 heterocycles. The molecule has 2 amide bonds. The van der Waals surface area contributed by atoms with Crippen LogP contribution in [-0.4, -0.2) is 36.1 Å². The first-order chi connectivity index (χ1) is 10.3. The number of hydrogen-bond acceptors (Lipinski definition) is 3. The first kappa shape index (κ1) is 18.2. The first-order valence-electron chi connectivity index (χ1n) is 7.56. The number of amides is 2. The molecule has 1 aromatic carbocycles. The maximum Gasteiger partial charge on any atom is 0.225 e. The maximum atomic E-state index is 11.7. The lowest BCUT2D eigenvalue weighted by Crippen LogP contribution is -2.38. The summed E-state index contributed by atoms with van der Waals surface area (Å²) in [7, 11) is 0. The third kappa shape index (κ3) is 7.22. The van der Waals surface area contributed by atoms with Crippen LogP contribution in [0.15, 0.2) is 30.3 Å². The number of benzene rings is 1. The maximum absolute atomic E-state index is 11.7. The summed E-state index contributed by atoms with van der Waals surface area (Å²) in [6.45, 7) is 5.98. The minimum absolute atomic E-state index is 0.0792. The Balaban J connectivity index is 2.19. The number of nitrogens with one attached hydrogen (secondary N) is 2. The van der Waals surface area contributed by atoms with E-state index in [-0.39, 0.29) is 24.8 Å². The van der Waals surface area contributed by atoms with Gasteiger partial charge in [0.1, 0.15) is 0 Å². The van der Waals surface area contributed by atoms with Crippen molar-refractivity contribution < 1.29 is 14.7 Å². The van der Waals surface area contributed by atoms with Crippen LogP contribution in [0.1, 0.15) is 32.8 Å². The predicted octanol–water partition coefficient (Wildman–Crippen LogP) is 1.26. The van der Waals surface area contributed by atoms with Gasteiger partial charge in [-0.05, 0) is 5.56 Å². The van der Waals surface area contributed by atoms with Gasteiger partial charge in [0.2, 0.25) is 11.8 Å². The van der Waals surface area contributed by atoms with Gasteiger partial charge in [0.25, 0.3) is 0 Å². The van der Waals surface area contributed by atoms with Crippen LogP contribution in [0.25, 0.3) is 0 Å². The van der Waals surface area contributed by atoms with Crippen molar-refractivity contribution in [2.75, 3.05) is 13.1 Å². The van der Waals surface area contributed by atoms with Gasteiger partial charge in [0.05, 0.1) is 6.10 Å². The highest BCUT2D eigenvalue weighted by atomic mass is 16.3. The van der Waals surface area contributed by atoms with Gasteiger partial charge in [0, 0.05) is 31.3 Å². The fraction of sp³-hybridized carbons (Fsp3) is 0.529. The molecule has 0 aliphatic heterocycles. The smallest absolute Gasteiger partial charge is 0.225 e. The summed E-state index contributed by atoms with van der Waals surface area (Å²) in [6.07, 6.45) is 0.0948. The highest BCUT2D eigenvalue weighted by Crippen LogP contribution is 2.12. The van der Waals surface area contributed by atoms with E-state index in [4.69, 9.17) is 0 Å². The molecule has 0 aliphatic rings. The fourth-order valence-electron chi connectivity index (χ4n) is 1.83. The lowest BCUT2D eigenvalue weighted by molar-refractivity contribution is -0.128. The Morgan fingerprint density at radius 3 is 2.36 bits per heavy atom. The number of aliphatic hydroxyl groups excluding tert-OH is 1. The van der Waals surface area contributed by atoms with Gasteiger partial charge in [-0.1, -0.05) is 51.1 Å². The molecule has 0 spiro atoms. The molecular weight excluding hydrogens is 280 g/mol. The molecule has 5 heteroatoms. The van der Waals surface area contributed by atoms with Crippen LogP contribution in [-0.2, 0) is 16.0 Å². The minimum Gasteiger partial charge on any atom is -0.391 e. The van der Waals surface area contributed by atoms with E-state index in [9.17, 15) is 14.7 Å². The number of carbonyl (C=O) groups excluding carboxylic acids is 2. The number of hydrogen-bond donors (Lipinski definition) is 3. The van der Waals surface area contributed by atoms with Crippen LogP contribution in [0.4, 0.5) is 0 Å². The van der Waals surface area contributed by atoms with Crippen LogP contribution in [0.3, 0.4) is 0 Å². The molecular formula is C17H26N2O3. The molecule has 0 bridgehead atoms. The van der Waals surface area contributed by atoms with Crippen molar-refractivity contribution >= 4 is 11.8 Å². The highest BCUT2D eigenvalue weighted by Gasteiger charge is 2.20. The van der Waals surface area contributed by atoms with Crippen LogP contribution < -0.4 is 10.6 Å². The summed E-state index contributed by atoms with van der Waals surface area (Å²) in [5.74, 6) is -0.259. The summed E-state index contributed by atoms with van der Waals surface area (Å²) in [5.41, 5.74) is 0.573. The van der Waals surface area contributed by atoms with Crippen LogP contribution in [0.5, 0.6) is 0 Å². The predicted molar refractivity (Wildman–Crippen MR) is 86.2 cm³/mol. The Hall–Kier alpha value is -1.88. The molecule has 5 nitrogen and oxygen atoms in total. The van der Waals surface area contributed by atoms with Gasteiger partial charge in [-0.2, -0.15) is 0 Å². The van der Waals surface area contributed by atoms with Crippen molar-refractivity contribution in [3.05, 3.63) is 35.9 Å². The molecule has 0 saturated heterocycles. The zero-order chi connectivity index (χ0) is 16.6. The molecule has 0 saturated carbocycles. The molecule has 1 unspecified atom stereocenters. The molecule has 0 fully saturated rings. The van der Waals surface area contributed by atoms with Gasteiger partial charge < -0.3 is 15.7 Å². The average Bonchev–Trinajstić information content (AvgIpc) is 2.45. The Bertz CT molecular complexity index is 480. The number of carbonyl (C=O) groups is 2. The summed E-state index contributed by atoms with van der Waals surface area (Å²) >= 11 is 0. The molecule has 22 heavy (non-hydrogen) atoms. The van der Waals surface area contributed by atoms with Gasteiger partial charge in [-0.25, -0.2) is 0 Å². The number of aliphatic hydroxyl groups is 1. The zero-order valence-corrected chi connectivity index (χ0v) is 13.6. The lowest BCUT2D eigenvalue weighted by atomic mass is 9.96. The van der Waals surface area contributed by atoms with Gasteiger partial charge in [-0.15, -0.1) is 0 Å². The summed E-state index contributed by atoms with van der Waals surface area (Å²) in [4.78, 5) is 23.3. The van der Waals surface area contributed by atoms with Crippen LogP contribution in [0.2, 0.25) is 0 Å². The lowest BCUT2D eigenvalue weighted by Gasteiger charge is -2.17. The summed E-state index contributed by atoms with van der Waals surface area (Å²) < 4.78 is 0. The molecule has 122 valence electrons. The highest BCUT2D eigenvalue weighted by molar-refractivity contribution is 5.82. The van der Waals surface area contributed by atoms with Crippen LogP contribution >= 0.6 is 0 Å². The zero-order valence-electron chi connectivity index (χ0n) is 13.6. The van der Waals surface area contributed by atoms with Gasteiger partial charge >= 0.3 is 0 Å². The van der Waals surface area contributed by atoms with E-state index in [0.29, 0.717) is 13.0 Å². The van der Waals surface area contributed by atoms with Crippen molar-refractivity contribution in [2.45, 2.75) is 39.7 Å². The van der Waals surface area contributed by atoms with E-state index < -0.39 is 11.5 Å². The molecule has 1 atom stereocenters. The summed E-state index contributed by atoms with van der Waals surface area (Å²) in [6, 6.07) is 9.63. The normalized spacial score (nSPS) is 12.5. The number of rotatable bonds is 7. The monoisotopic (exact) mass is 306 g/mol. The molecule has 1 rings (SSSR count). The van der Waals surface area contributed by atoms with E-state index in [0.717, 1.165) is 5.56 Å². The Labute approximate surface area is 132 Å². The van der Waals surface area contributed by atoms with Gasteiger partial charge in [0.15, 0.2) is 0 Å². The molecule has 0 aliphatic carbocycles. The second-order valence-electron chi connectivity index (χ2n) is 6.40. The van der Waals surface area contributed by atoms with Crippen molar-refractivity contribution in [3.63, 3.8) is 0 Å².